The summed E-state index contributed by atoms with van der Waals surface area (Å²) in [5, 5.41) is 11.7. The van der Waals surface area contributed by atoms with E-state index in [0.29, 0.717) is 11.7 Å². The summed E-state index contributed by atoms with van der Waals surface area (Å²) >= 11 is 0. The van der Waals surface area contributed by atoms with Gasteiger partial charge >= 0.3 is 0 Å². The lowest BCUT2D eigenvalue weighted by atomic mass is 10.1. The smallest absolute Gasteiger partial charge is 0.175 e. The lowest BCUT2D eigenvalue weighted by Crippen LogP contribution is -2.50. The molecule has 1 aromatic rings. The van der Waals surface area contributed by atoms with Crippen molar-refractivity contribution < 1.29 is 9.60 Å². The number of nitrogens with zero attached hydrogens (tertiary/aromatic N) is 3. The molecule has 0 saturated carbocycles. The summed E-state index contributed by atoms with van der Waals surface area (Å²) in [6.07, 6.45) is 0. The van der Waals surface area contributed by atoms with Crippen LogP contribution >= 0.6 is 0 Å². The molecule has 0 spiro atoms. The summed E-state index contributed by atoms with van der Waals surface area (Å²) in [6, 6.07) is 5.13. The largest absolute Gasteiger partial charge is 0.409 e. The van der Waals surface area contributed by atoms with Crippen LogP contribution in [-0.4, -0.2) is 48.7 Å². The van der Waals surface area contributed by atoms with Gasteiger partial charge in [0.05, 0.1) is 11.3 Å². The third kappa shape index (κ3) is 2.63. The van der Waals surface area contributed by atoms with Gasteiger partial charge in [-0.2, -0.15) is 0 Å². The Hall–Kier alpha value is -1.82. The van der Waals surface area contributed by atoms with Gasteiger partial charge in [-0.05, 0) is 26.1 Å². The molecule has 1 unspecified atom stereocenters. The molecule has 19 heavy (non-hydrogen) atoms. The molecule has 3 N–H and O–H groups in total. The first kappa shape index (κ1) is 13.6. The van der Waals surface area contributed by atoms with E-state index in [-0.39, 0.29) is 11.4 Å². The van der Waals surface area contributed by atoms with Crippen molar-refractivity contribution in [3.63, 3.8) is 0 Å². The monoisotopic (exact) mass is 266 g/mol. The second kappa shape index (κ2) is 5.44. The predicted octanol–water partition coefficient (Wildman–Crippen LogP) is 1.06. The van der Waals surface area contributed by atoms with E-state index in [1.54, 1.807) is 12.1 Å². The van der Waals surface area contributed by atoms with Crippen molar-refractivity contribution in [1.29, 1.82) is 0 Å². The molecule has 1 aromatic carbocycles. The molecular weight excluding hydrogens is 247 g/mol. The number of halogens is 1. The standard InChI is InChI=1S/C13H19FN4O/c1-9-8-18(7-6-17(9)2)11-5-3-4-10(14)12(11)13(15)16-19/h3-5,9,19H,6-8H2,1-2H3,(H2,15,16). The number of piperazine rings is 1. The quantitative estimate of drug-likeness (QED) is 0.363. The van der Waals surface area contributed by atoms with Crippen molar-refractivity contribution in [3.8, 4) is 0 Å². The number of likely N-dealkylation sites (N-methyl/N-ethyl adjacent to an activating group) is 1. The molecule has 1 heterocycles. The maximum Gasteiger partial charge on any atom is 0.175 e. The van der Waals surface area contributed by atoms with E-state index in [2.05, 4.69) is 28.9 Å². The van der Waals surface area contributed by atoms with Gasteiger partial charge in [0.15, 0.2) is 5.84 Å². The molecule has 1 fully saturated rings. The molecular formula is C13H19FN4O. The molecule has 1 aliphatic rings. The van der Waals surface area contributed by atoms with Crippen LogP contribution in [0.15, 0.2) is 23.4 Å². The average Bonchev–Trinajstić information content (AvgIpc) is 2.41. The van der Waals surface area contributed by atoms with Crippen molar-refractivity contribution in [1.82, 2.24) is 4.90 Å². The molecule has 2 rings (SSSR count). The molecule has 104 valence electrons. The number of anilines is 1. The van der Waals surface area contributed by atoms with E-state index in [0.717, 1.165) is 19.6 Å². The lowest BCUT2D eigenvalue weighted by Gasteiger charge is -2.39. The first-order valence-corrected chi connectivity index (χ1v) is 6.26. The molecule has 6 heteroatoms. The molecule has 0 aliphatic carbocycles. The van der Waals surface area contributed by atoms with Gasteiger partial charge in [0, 0.05) is 25.7 Å². The summed E-state index contributed by atoms with van der Waals surface area (Å²) in [5.41, 5.74) is 6.43. The Labute approximate surface area is 112 Å². The highest BCUT2D eigenvalue weighted by molar-refractivity contribution is 6.02. The first-order chi connectivity index (χ1) is 9.04. The van der Waals surface area contributed by atoms with Gasteiger partial charge in [0.1, 0.15) is 5.82 Å². The van der Waals surface area contributed by atoms with E-state index in [1.807, 2.05) is 0 Å². The Morgan fingerprint density at radius 3 is 2.84 bits per heavy atom. The molecule has 0 radical (unpaired) electrons. The summed E-state index contributed by atoms with van der Waals surface area (Å²) < 4.78 is 13.9. The summed E-state index contributed by atoms with van der Waals surface area (Å²) in [5.74, 6) is -0.668. The normalized spacial score (nSPS) is 21.7. The maximum absolute atomic E-state index is 13.9. The number of nitrogens with two attached hydrogens (primary N) is 1. The maximum atomic E-state index is 13.9. The zero-order valence-corrected chi connectivity index (χ0v) is 11.2. The lowest BCUT2D eigenvalue weighted by molar-refractivity contribution is 0.234. The van der Waals surface area contributed by atoms with E-state index in [1.165, 1.54) is 6.07 Å². The van der Waals surface area contributed by atoms with Crippen molar-refractivity contribution in [2.75, 3.05) is 31.6 Å². The molecule has 0 aromatic heterocycles. The van der Waals surface area contributed by atoms with Gasteiger partial charge in [-0.15, -0.1) is 0 Å². The number of amidine groups is 1. The number of benzene rings is 1. The fraction of sp³-hybridized carbons (Fsp3) is 0.462. The van der Waals surface area contributed by atoms with Crippen LogP contribution in [0.2, 0.25) is 0 Å². The highest BCUT2D eigenvalue weighted by Crippen LogP contribution is 2.25. The van der Waals surface area contributed by atoms with Crippen molar-refractivity contribution in [2.45, 2.75) is 13.0 Å². The Kier molecular flexibility index (Phi) is 3.90. The fourth-order valence-electron chi connectivity index (χ4n) is 2.35. The molecule has 1 saturated heterocycles. The number of hydrogen-bond donors (Lipinski definition) is 2. The van der Waals surface area contributed by atoms with E-state index in [9.17, 15) is 4.39 Å². The Morgan fingerprint density at radius 2 is 2.21 bits per heavy atom. The number of oxime groups is 1. The molecule has 0 amide bonds. The van der Waals surface area contributed by atoms with Gasteiger partial charge in [-0.3, -0.25) is 0 Å². The number of hydrogen-bond acceptors (Lipinski definition) is 4. The van der Waals surface area contributed by atoms with E-state index < -0.39 is 5.82 Å². The van der Waals surface area contributed by atoms with Crippen LogP contribution < -0.4 is 10.6 Å². The topological polar surface area (TPSA) is 65.1 Å². The summed E-state index contributed by atoms with van der Waals surface area (Å²) in [6.45, 7) is 4.59. The van der Waals surface area contributed by atoms with Crippen molar-refractivity contribution in [2.24, 2.45) is 10.9 Å². The van der Waals surface area contributed by atoms with Crippen LogP contribution in [0.5, 0.6) is 0 Å². The molecule has 0 bridgehead atoms. The molecule has 1 atom stereocenters. The van der Waals surface area contributed by atoms with E-state index >= 15 is 0 Å². The minimum atomic E-state index is -0.473. The predicted molar refractivity (Wildman–Crippen MR) is 73.2 cm³/mol. The Balaban J connectivity index is 2.37. The zero-order chi connectivity index (χ0) is 14.0. The zero-order valence-electron chi connectivity index (χ0n) is 11.2. The van der Waals surface area contributed by atoms with Crippen molar-refractivity contribution in [3.05, 3.63) is 29.6 Å². The minimum absolute atomic E-state index is 0.168. The van der Waals surface area contributed by atoms with Gasteiger partial charge in [-0.25, -0.2) is 4.39 Å². The first-order valence-electron chi connectivity index (χ1n) is 6.26. The Bertz CT molecular complexity index is 492. The second-order valence-corrected chi connectivity index (χ2v) is 4.89. The van der Waals surface area contributed by atoms with Gasteiger partial charge in [0.2, 0.25) is 0 Å². The van der Waals surface area contributed by atoms with Crippen LogP contribution in [0.3, 0.4) is 0 Å². The highest BCUT2D eigenvalue weighted by atomic mass is 19.1. The minimum Gasteiger partial charge on any atom is -0.409 e. The van der Waals surface area contributed by atoms with Crippen LogP contribution in [-0.2, 0) is 0 Å². The summed E-state index contributed by atoms with van der Waals surface area (Å²) in [7, 11) is 2.07. The average molecular weight is 266 g/mol. The summed E-state index contributed by atoms with van der Waals surface area (Å²) in [4.78, 5) is 4.32. The van der Waals surface area contributed by atoms with Crippen LogP contribution in [0.1, 0.15) is 12.5 Å². The van der Waals surface area contributed by atoms with Crippen LogP contribution in [0.4, 0.5) is 10.1 Å². The SMILES string of the molecule is CC1CN(c2cccc(F)c2C(N)=NO)CCN1C. The van der Waals surface area contributed by atoms with Gasteiger partial charge in [-0.1, -0.05) is 11.2 Å². The third-order valence-corrected chi connectivity index (χ3v) is 3.66. The number of rotatable bonds is 2. The van der Waals surface area contributed by atoms with Gasteiger partial charge in [0.25, 0.3) is 0 Å². The van der Waals surface area contributed by atoms with Crippen LogP contribution in [0, 0.1) is 5.82 Å². The van der Waals surface area contributed by atoms with Crippen LogP contribution in [0.25, 0.3) is 0 Å². The van der Waals surface area contributed by atoms with Crippen molar-refractivity contribution >= 4 is 11.5 Å². The fourth-order valence-corrected chi connectivity index (χ4v) is 2.35. The highest BCUT2D eigenvalue weighted by Gasteiger charge is 2.24. The molecule has 5 nitrogen and oxygen atoms in total. The molecule has 1 aliphatic heterocycles. The van der Waals surface area contributed by atoms with Gasteiger partial charge < -0.3 is 20.7 Å². The van der Waals surface area contributed by atoms with E-state index in [4.69, 9.17) is 10.9 Å². The third-order valence-electron chi connectivity index (χ3n) is 3.66. The Morgan fingerprint density at radius 1 is 1.47 bits per heavy atom. The second-order valence-electron chi connectivity index (χ2n) is 4.89.